The fourth-order valence-corrected chi connectivity index (χ4v) is 8.73. The average molecular weight is 1090 g/mol. The monoisotopic (exact) mass is 1090 g/mol. The normalized spacial score (nSPS) is 10.4. The number of alkyl halides is 5. The Morgan fingerprint density at radius 1 is 0.274 bits per heavy atom. The van der Waals surface area contributed by atoms with Crippen LogP contribution in [-0.4, -0.2) is 3.25 Å². The summed E-state index contributed by atoms with van der Waals surface area (Å²) in [7, 11) is 0. The minimum atomic E-state index is -1.61. The minimum absolute atomic E-state index is 0.863. The quantitative estimate of drug-likeness (QED) is 0.0894. The molecule has 0 amide bonds. The van der Waals surface area contributed by atoms with Crippen LogP contribution in [0.2, 0.25) is 0 Å². The first kappa shape index (κ1) is 54.1. The van der Waals surface area contributed by atoms with Crippen molar-refractivity contribution in [3.8, 4) is 0 Å². The molecule has 0 fully saturated rings. The Morgan fingerprint density at radius 3 is 0.685 bits per heavy atom. The van der Waals surface area contributed by atoms with Gasteiger partial charge in [0.15, 0.2) is 0 Å². The van der Waals surface area contributed by atoms with Gasteiger partial charge in [0.1, 0.15) is 0 Å². The van der Waals surface area contributed by atoms with Gasteiger partial charge in [0.2, 0.25) is 0 Å². The van der Waals surface area contributed by atoms with E-state index < -0.39 is 3.25 Å². The maximum atomic E-state index is 4.83. The third kappa shape index (κ3) is 17.2. The van der Waals surface area contributed by atoms with Crippen molar-refractivity contribution in [3.05, 3.63) is 358 Å². The van der Waals surface area contributed by atoms with Crippen LogP contribution in [0, 0.1) is 6.92 Å². The van der Waals surface area contributed by atoms with Crippen molar-refractivity contribution in [2.45, 2.75) is 21.9 Å². The Hall–Kier alpha value is -6.68. The Bertz CT molecular complexity index is 3070. The van der Waals surface area contributed by atoms with E-state index in [9.17, 15) is 0 Å². The lowest BCUT2D eigenvalue weighted by Gasteiger charge is -2.18. The van der Waals surface area contributed by atoms with E-state index >= 15 is 0 Å². The van der Waals surface area contributed by atoms with Gasteiger partial charge in [-0.3, -0.25) is 0 Å². The molecule has 10 aromatic rings. The van der Waals surface area contributed by atoms with Gasteiger partial charge in [-0.15, -0.1) is 0 Å². The Morgan fingerprint density at radius 2 is 0.466 bits per heavy atom. The molecule has 0 aliphatic heterocycles. The molecule has 0 saturated heterocycles. The molecule has 10 rings (SSSR count). The topological polar surface area (TPSA) is 0 Å². The van der Waals surface area contributed by atoms with Crippen molar-refractivity contribution in [2.24, 2.45) is 0 Å². The standard InChI is InChI=1S/C27H21Br.C27H22.C13H12.CCl4/c28-20-21-16-18-25(19-17-21)27(24-14-8-3-9-15-24)26(22-10-4-1-5-11-22)23-12-6-2-7-13-23;1-21-17-19-25(20-18-21)27(24-15-9-4-10-16-24)26(22-11-5-2-6-12-22)23-13-7-3-8-14-23;1-3-7-12(8-4-1)11-13-9-5-2-6-10-13;2-1(3,4)5/h1-19H,20H2;2-20H,1H3;1-10H,11H2;. The fraction of sp³-hybridized carbons (Fsp3) is 0.0588. The van der Waals surface area contributed by atoms with Crippen molar-refractivity contribution in [1.29, 1.82) is 0 Å². The van der Waals surface area contributed by atoms with Crippen LogP contribution in [0.3, 0.4) is 0 Å². The summed E-state index contributed by atoms with van der Waals surface area (Å²) in [6.45, 7) is 2.13. The lowest BCUT2D eigenvalue weighted by atomic mass is 9.85. The van der Waals surface area contributed by atoms with Crippen LogP contribution < -0.4 is 0 Å². The average Bonchev–Trinajstić information content (AvgIpc) is 3.44. The highest BCUT2D eigenvalue weighted by Gasteiger charge is 2.17. The highest BCUT2D eigenvalue weighted by molar-refractivity contribution is 9.08. The van der Waals surface area contributed by atoms with Crippen molar-refractivity contribution in [2.75, 3.05) is 0 Å². The summed E-state index contributed by atoms with van der Waals surface area (Å²) in [6.07, 6.45) is 1.03. The summed E-state index contributed by atoms with van der Waals surface area (Å²) >= 11 is 22.9. The zero-order valence-electron chi connectivity index (χ0n) is 40.5. The maximum Gasteiger partial charge on any atom is 0.266 e. The van der Waals surface area contributed by atoms with Crippen molar-refractivity contribution in [3.63, 3.8) is 0 Å². The van der Waals surface area contributed by atoms with Gasteiger partial charge in [0.05, 0.1) is 0 Å². The maximum absolute atomic E-state index is 4.83. The summed E-state index contributed by atoms with van der Waals surface area (Å²) in [5, 5.41) is 0.863. The highest BCUT2D eigenvalue weighted by Crippen LogP contribution is 2.38. The Labute approximate surface area is 461 Å². The molecule has 0 radical (unpaired) electrons. The molecule has 0 heterocycles. The van der Waals surface area contributed by atoms with Crippen LogP contribution in [-0.2, 0) is 11.8 Å². The van der Waals surface area contributed by atoms with E-state index in [1.54, 1.807) is 0 Å². The second kappa shape index (κ2) is 28.5. The third-order valence-corrected chi connectivity index (χ3v) is 12.4. The van der Waals surface area contributed by atoms with Crippen LogP contribution in [0.5, 0.6) is 0 Å². The second-order valence-corrected chi connectivity index (χ2v) is 21.0. The van der Waals surface area contributed by atoms with Crippen molar-refractivity contribution in [1.82, 2.24) is 0 Å². The zero-order chi connectivity index (χ0) is 51.1. The largest absolute Gasteiger partial charge is 0.266 e. The summed E-state index contributed by atoms with van der Waals surface area (Å²) in [5.74, 6) is 0. The van der Waals surface area contributed by atoms with E-state index in [1.165, 1.54) is 89.1 Å². The first-order valence-electron chi connectivity index (χ1n) is 24.0. The van der Waals surface area contributed by atoms with Gasteiger partial charge >= 0.3 is 0 Å². The van der Waals surface area contributed by atoms with Gasteiger partial charge in [-0.25, -0.2) is 0 Å². The smallest absolute Gasteiger partial charge is 0.0876 e. The molecule has 0 atom stereocenters. The predicted octanol–water partition coefficient (Wildman–Crippen LogP) is 20.4. The molecule has 5 heteroatoms. The number of hydrogen-bond acceptors (Lipinski definition) is 0. The van der Waals surface area contributed by atoms with Crippen LogP contribution in [0.4, 0.5) is 0 Å². The van der Waals surface area contributed by atoms with Gasteiger partial charge in [0, 0.05) is 5.33 Å². The fourth-order valence-electron chi connectivity index (χ4n) is 8.36. The molecule has 0 aromatic heterocycles. The van der Waals surface area contributed by atoms with Gasteiger partial charge in [-0.1, -0.05) is 359 Å². The zero-order valence-corrected chi connectivity index (χ0v) is 45.1. The van der Waals surface area contributed by atoms with E-state index in [4.69, 9.17) is 46.4 Å². The molecule has 0 saturated carbocycles. The summed E-state index contributed by atoms with van der Waals surface area (Å²) in [6, 6.07) is 103. The molecule has 0 aliphatic carbocycles. The van der Waals surface area contributed by atoms with Gasteiger partial charge in [-0.05, 0) is 96.8 Å². The lowest BCUT2D eigenvalue weighted by Crippen LogP contribution is -1.97. The highest BCUT2D eigenvalue weighted by atomic mass is 79.9. The Balaban J connectivity index is 0.000000161. The number of benzene rings is 10. The minimum Gasteiger partial charge on any atom is -0.0876 e. The molecule has 0 spiro atoms. The number of aryl methyl sites for hydroxylation is 1. The first-order chi connectivity index (χ1) is 35.6. The van der Waals surface area contributed by atoms with Crippen LogP contribution in [0.15, 0.2) is 291 Å². The third-order valence-electron chi connectivity index (χ3n) is 11.7. The molecule has 10 aromatic carbocycles. The van der Waals surface area contributed by atoms with E-state index in [1.807, 2.05) is 0 Å². The van der Waals surface area contributed by atoms with Crippen LogP contribution in [0.1, 0.15) is 66.8 Å². The van der Waals surface area contributed by atoms with E-state index in [0.29, 0.717) is 0 Å². The van der Waals surface area contributed by atoms with Crippen molar-refractivity contribution < 1.29 is 0 Å². The van der Waals surface area contributed by atoms with E-state index in [-0.39, 0.29) is 0 Å². The Kier molecular flexibility index (Phi) is 21.1. The number of hydrogen-bond donors (Lipinski definition) is 0. The first-order valence-corrected chi connectivity index (χ1v) is 26.6. The number of rotatable bonds is 11. The molecular weight excluding hydrogens is 1040 g/mol. The predicted molar refractivity (Wildman–Crippen MR) is 321 cm³/mol. The molecule has 0 aliphatic rings. The molecular formula is C68H55BrCl4. The molecule has 0 unspecified atom stereocenters. The van der Waals surface area contributed by atoms with E-state index in [2.05, 4.69) is 314 Å². The molecule has 73 heavy (non-hydrogen) atoms. The SMILES string of the molecule is BrCc1ccc(C(=C(c2ccccc2)c2ccccc2)c2ccccc2)cc1.Cc1ccc(C(=C(c2ccccc2)c2ccccc2)c2ccccc2)cc1.ClC(Cl)(Cl)Cl.c1ccc(Cc2ccccc2)cc1. The summed E-state index contributed by atoms with van der Waals surface area (Å²) in [5.41, 5.74) is 20.1. The van der Waals surface area contributed by atoms with Crippen LogP contribution in [0.25, 0.3) is 22.3 Å². The van der Waals surface area contributed by atoms with Gasteiger partial charge in [0.25, 0.3) is 3.25 Å². The summed E-state index contributed by atoms with van der Waals surface area (Å²) < 4.78 is -1.61. The molecule has 0 nitrogen and oxygen atoms in total. The second-order valence-electron chi connectivity index (χ2n) is 17.0. The van der Waals surface area contributed by atoms with Crippen molar-refractivity contribution >= 4 is 84.6 Å². The number of halogens is 5. The molecule has 0 N–H and O–H groups in total. The van der Waals surface area contributed by atoms with E-state index in [0.717, 1.165) is 11.8 Å². The van der Waals surface area contributed by atoms with Gasteiger partial charge < -0.3 is 0 Å². The van der Waals surface area contributed by atoms with Crippen LogP contribution >= 0.6 is 62.3 Å². The van der Waals surface area contributed by atoms with Gasteiger partial charge in [-0.2, -0.15) is 0 Å². The molecule has 362 valence electrons. The summed E-state index contributed by atoms with van der Waals surface area (Å²) in [4.78, 5) is 0. The molecule has 0 bridgehead atoms. The lowest BCUT2D eigenvalue weighted by molar-refractivity contribution is 1.19.